The van der Waals surface area contributed by atoms with Crippen LogP contribution in [0.1, 0.15) is 6.42 Å². The van der Waals surface area contributed by atoms with E-state index in [4.69, 9.17) is 0 Å². The smallest absolute Gasteiger partial charge is 0.193 e. The Balaban J connectivity index is 2.49. The molecule has 1 heterocycles. The fourth-order valence-electron chi connectivity index (χ4n) is 0.456. The van der Waals surface area contributed by atoms with Gasteiger partial charge in [-0.2, -0.15) is 0 Å². The van der Waals surface area contributed by atoms with Crippen LogP contribution < -0.4 is 0 Å². The van der Waals surface area contributed by atoms with Gasteiger partial charge in [0.25, 0.3) is 0 Å². The summed E-state index contributed by atoms with van der Waals surface area (Å²) < 4.78 is 11.9. The predicted molar refractivity (Wildman–Crippen MR) is 27.1 cm³/mol. The van der Waals surface area contributed by atoms with Crippen molar-refractivity contribution in [2.45, 2.75) is 12.7 Å². The van der Waals surface area contributed by atoms with E-state index in [-0.39, 0.29) is 0 Å². The van der Waals surface area contributed by atoms with Crippen molar-refractivity contribution in [3.8, 4) is 0 Å². The van der Waals surface area contributed by atoms with E-state index >= 15 is 0 Å². The third kappa shape index (κ3) is 1.11. The SMILES string of the molecule is FC1CC=CC=N1. The Morgan fingerprint density at radius 3 is 2.86 bits per heavy atom. The lowest BCUT2D eigenvalue weighted by Gasteiger charge is -1.98. The number of hydrogen-bond donors (Lipinski definition) is 0. The van der Waals surface area contributed by atoms with E-state index in [1.54, 1.807) is 12.2 Å². The normalized spacial score (nSPS) is 28.4. The lowest BCUT2D eigenvalue weighted by atomic mass is 10.3. The first-order valence-electron chi connectivity index (χ1n) is 2.22. The lowest BCUT2D eigenvalue weighted by molar-refractivity contribution is 0.350. The zero-order chi connectivity index (χ0) is 5.11. The minimum atomic E-state index is -0.981. The van der Waals surface area contributed by atoms with Gasteiger partial charge in [-0.3, -0.25) is 4.99 Å². The molecule has 1 unspecified atom stereocenters. The maximum absolute atomic E-state index is 11.9. The first-order chi connectivity index (χ1) is 3.39. The van der Waals surface area contributed by atoms with E-state index in [1.807, 2.05) is 0 Å². The molecule has 1 aliphatic rings. The van der Waals surface area contributed by atoms with E-state index in [2.05, 4.69) is 4.99 Å². The highest BCUT2D eigenvalue weighted by Crippen LogP contribution is 2.02. The van der Waals surface area contributed by atoms with Crippen LogP contribution in [0.4, 0.5) is 4.39 Å². The molecule has 0 N–H and O–H groups in total. The topological polar surface area (TPSA) is 12.4 Å². The molecule has 0 aromatic carbocycles. The molecule has 1 nitrogen and oxygen atoms in total. The van der Waals surface area contributed by atoms with Crippen molar-refractivity contribution < 1.29 is 4.39 Å². The average molecular weight is 99.1 g/mol. The molecule has 0 spiro atoms. The van der Waals surface area contributed by atoms with Crippen LogP contribution in [0.15, 0.2) is 17.1 Å². The number of dihydropyridines is 1. The Morgan fingerprint density at radius 2 is 2.57 bits per heavy atom. The summed E-state index contributed by atoms with van der Waals surface area (Å²) in [7, 11) is 0. The van der Waals surface area contributed by atoms with Crippen LogP contribution in [0.2, 0.25) is 0 Å². The molecule has 1 aliphatic heterocycles. The van der Waals surface area contributed by atoms with Crippen molar-refractivity contribution in [2.24, 2.45) is 4.99 Å². The zero-order valence-corrected chi connectivity index (χ0v) is 3.84. The lowest BCUT2D eigenvalue weighted by Crippen LogP contribution is -1.95. The van der Waals surface area contributed by atoms with E-state index in [0.29, 0.717) is 6.42 Å². The van der Waals surface area contributed by atoms with E-state index in [0.717, 1.165) is 0 Å². The molecule has 2 heteroatoms. The summed E-state index contributed by atoms with van der Waals surface area (Å²) >= 11 is 0. The molecule has 0 radical (unpaired) electrons. The summed E-state index contributed by atoms with van der Waals surface area (Å²) in [6.07, 6.45) is 4.45. The maximum Gasteiger partial charge on any atom is 0.193 e. The van der Waals surface area contributed by atoms with Crippen LogP contribution >= 0.6 is 0 Å². The molecule has 0 saturated carbocycles. The number of rotatable bonds is 0. The van der Waals surface area contributed by atoms with Crippen LogP contribution in [0.25, 0.3) is 0 Å². The Morgan fingerprint density at radius 1 is 1.71 bits per heavy atom. The predicted octanol–water partition coefficient (Wildman–Crippen LogP) is 1.31. The minimum absolute atomic E-state index is 0.441. The quantitative estimate of drug-likeness (QED) is 0.406. The number of nitrogens with zero attached hydrogens (tertiary/aromatic N) is 1. The highest BCUT2D eigenvalue weighted by Gasteiger charge is 1.98. The van der Waals surface area contributed by atoms with Gasteiger partial charge in [0, 0.05) is 12.6 Å². The van der Waals surface area contributed by atoms with Crippen LogP contribution in [0.3, 0.4) is 0 Å². The average Bonchev–Trinajstić information content (AvgIpc) is 1.69. The molecule has 0 bridgehead atoms. The third-order valence-corrected chi connectivity index (χ3v) is 0.801. The fraction of sp³-hybridized carbons (Fsp3) is 0.400. The molecule has 0 saturated heterocycles. The van der Waals surface area contributed by atoms with Gasteiger partial charge < -0.3 is 0 Å². The van der Waals surface area contributed by atoms with Crippen molar-refractivity contribution >= 4 is 6.21 Å². The van der Waals surface area contributed by atoms with E-state index in [1.165, 1.54) is 6.21 Å². The monoisotopic (exact) mass is 99.0 g/mol. The zero-order valence-electron chi connectivity index (χ0n) is 3.84. The first kappa shape index (κ1) is 4.50. The van der Waals surface area contributed by atoms with Gasteiger partial charge in [-0.25, -0.2) is 4.39 Å². The molecule has 1 rings (SSSR count). The van der Waals surface area contributed by atoms with Gasteiger partial charge >= 0.3 is 0 Å². The Bertz CT molecular complexity index is 107. The van der Waals surface area contributed by atoms with Gasteiger partial charge in [-0.1, -0.05) is 6.08 Å². The molecule has 0 fully saturated rings. The van der Waals surface area contributed by atoms with Gasteiger partial charge in [0.2, 0.25) is 0 Å². The van der Waals surface area contributed by atoms with E-state index < -0.39 is 6.30 Å². The molecule has 38 valence electrons. The number of halogens is 1. The van der Waals surface area contributed by atoms with Gasteiger partial charge in [-0.15, -0.1) is 0 Å². The van der Waals surface area contributed by atoms with Gasteiger partial charge in [0.1, 0.15) is 0 Å². The summed E-state index contributed by atoms with van der Waals surface area (Å²) in [4.78, 5) is 3.45. The Hall–Kier alpha value is -0.660. The van der Waals surface area contributed by atoms with Gasteiger partial charge in [0.05, 0.1) is 0 Å². The highest BCUT2D eigenvalue weighted by molar-refractivity contribution is 5.71. The van der Waals surface area contributed by atoms with Crippen molar-refractivity contribution in [2.75, 3.05) is 0 Å². The second kappa shape index (κ2) is 1.87. The summed E-state index contributed by atoms with van der Waals surface area (Å²) in [5, 5.41) is 0. The first-order valence-corrected chi connectivity index (χ1v) is 2.22. The summed E-state index contributed by atoms with van der Waals surface area (Å²) in [5.41, 5.74) is 0. The van der Waals surface area contributed by atoms with Crippen LogP contribution in [-0.4, -0.2) is 12.5 Å². The summed E-state index contributed by atoms with van der Waals surface area (Å²) in [5.74, 6) is 0. The Labute approximate surface area is 41.6 Å². The van der Waals surface area contributed by atoms with E-state index in [9.17, 15) is 4.39 Å². The highest BCUT2D eigenvalue weighted by atomic mass is 19.1. The van der Waals surface area contributed by atoms with Gasteiger partial charge in [-0.05, 0) is 6.08 Å². The Kier molecular flexibility index (Phi) is 1.20. The molecule has 7 heavy (non-hydrogen) atoms. The molecule has 0 amide bonds. The number of alkyl halides is 1. The molecule has 0 aromatic rings. The molecule has 0 aromatic heterocycles. The number of aliphatic imine (C=N–C) groups is 1. The number of hydrogen-bond acceptors (Lipinski definition) is 1. The van der Waals surface area contributed by atoms with Crippen LogP contribution in [0, 0.1) is 0 Å². The maximum atomic E-state index is 11.9. The van der Waals surface area contributed by atoms with Crippen molar-refractivity contribution in [1.29, 1.82) is 0 Å². The minimum Gasteiger partial charge on any atom is -0.257 e. The third-order valence-electron chi connectivity index (χ3n) is 0.801. The van der Waals surface area contributed by atoms with Crippen LogP contribution in [0.5, 0.6) is 0 Å². The van der Waals surface area contributed by atoms with Crippen molar-refractivity contribution in [1.82, 2.24) is 0 Å². The van der Waals surface area contributed by atoms with Crippen molar-refractivity contribution in [3.63, 3.8) is 0 Å². The molecular formula is C5H6FN. The largest absolute Gasteiger partial charge is 0.257 e. The van der Waals surface area contributed by atoms with Gasteiger partial charge in [0.15, 0.2) is 6.30 Å². The van der Waals surface area contributed by atoms with Crippen molar-refractivity contribution in [3.05, 3.63) is 12.2 Å². The second-order valence-electron chi connectivity index (χ2n) is 1.40. The van der Waals surface area contributed by atoms with Crippen LogP contribution in [-0.2, 0) is 0 Å². The standard InChI is InChI=1S/C5H6FN/c6-5-3-1-2-4-7-5/h1-2,4-5H,3H2. The molecule has 1 atom stereocenters. The number of allylic oxidation sites excluding steroid dienone is 1. The summed E-state index contributed by atoms with van der Waals surface area (Å²) in [6, 6.07) is 0. The molecular weight excluding hydrogens is 93.1 g/mol. The molecule has 0 aliphatic carbocycles. The summed E-state index contributed by atoms with van der Waals surface area (Å²) in [6.45, 7) is 0. The second-order valence-corrected chi connectivity index (χ2v) is 1.40. The fourth-order valence-corrected chi connectivity index (χ4v) is 0.456.